The third-order valence-corrected chi connectivity index (χ3v) is 5.30. The fraction of sp³-hybridized carbons (Fsp3) is 0.500. The first-order chi connectivity index (χ1) is 13.9. The molecule has 1 aromatic carbocycles. The second-order valence-corrected chi connectivity index (χ2v) is 7.48. The Hall–Kier alpha value is -2.78. The second-order valence-electron chi connectivity index (χ2n) is 7.48. The number of nitro groups is 1. The minimum Gasteiger partial charge on any atom is -0.358 e. The van der Waals surface area contributed by atoms with E-state index < -0.39 is 4.92 Å². The van der Waals surface area contributed by atoms with Gasteiger partial charge in [-0.3, -0.25) is 9.69 Å². The van der Waals surface area contributed by atoms with Crippen LogP contribution in [-0.2, 0) is 11.3 Å². The molecule has 1 aliphatic rings. The number of nitrogens with zero attached hydrogens (tertiary/aromatic N) is 5. The predicted molar refractivity (Wildman–Crippen MR) is 109 cm³/mol. The van der Waals surface area contributed by atoms with Crippen LogP contribution >= 0.6 is 0 Å². The molecule has 156 valence electrons. The quantitative estimate of drug-likeness (QED) is 0.534. The number of rotatable bonds is 8. The topological polar surface area (TPSA) is 96.5 Å². The zero-order valence-corrected chi connectivity index (χ0v) is 17.0. The van der Waals surface area contributed by atoms with Crippen molar-refractivity contribution in [1.29, 1.82) is 0 Å². The van der Waals surface area contributed by atoms with Gasteiger partial charge in [-0.1, -0.05) is 30.3 Å². The maximum atomic E-state index is 12.6. The van der Waals surface area contributed by atoms with Gasteiger partial charge in [-0.25, -0.2) is 0 Å². The fourth-order valence-corrected chi connectivity index (χ4v) is 3.50. The highest BCUT2D eigenvalue weighted by Crippen LogP contribution is 2.16. The summed E-state index contributed by atoms with van der Waals surface area (Å²) in [6.07, 6.45) is 1.61. The number of amides is 1. The van der Waals surface area contributed by atoms with Crippen LogP contribution in [0.25, 0.3) is 0 Å². The Labute approximate surface area is 170 Å². The molecule has 0 aliphatic carbocycles. The third-order valence-electron chi connectivity index (χ3n) is 5.30. The van der Waals surface area contributed by atoms with E-state index >= 15 is 0 Å². The number of aromatic nitrogens is 2. The molecule has 1 atom stereocenters. The van der Waals surface area contributed by atoms with Crippen molar-refractivity contribution in [3.05, 3.63) is 58.0 Å². The van der Waals surface area contributed by atoms with Crippen LogP contribution in [0.1, 0.15) is 23.9 Å². The van der Waals surface area contributed by atoms with Gasteiger partial charge in [0.15, 0.2) is 0 Å². The van der Waals surface area contributed by atoms with Crippen molar-refractivity contribution in [3.8, 4) is 0 Å². The smallest absolute Gasteiger partial charge is 0.358 e. The summed E-state index contributed by atoms with van der Waals surface area (Å²) in [5.41, 5.74) is 1.08. The van der Waals surface area contributed by atoms with Gasteiger partial charge in [-0.15, -0.1) is 0 Å². The van der Waals surface area contributed by atoms with Crippen molar-refractivity contribution < 1.29 is 9.72 Å². The summed E-state index contributed by atoms with van der Waals surface area (Å²) in [7, 11) is 2.12. The van der Waals surface area contributed by atoms with Crippen molar-refractivity contribution in [1.82, 2.24) is 24.7 Å². The Balaban J connectivity index is 1.61. The molecule has 1 saturated heterocycles. The summed E-state index contributed by atoms with van der Waals surface area (Å²) < 4.78 is 1.65. The molecule has 1 unspecified atom stereocenters. The standard InChI is InChI=1S/C20H28N6O3/c1-16-21-19(26(28)29)15-25(16)9-8-20(27)22-18(17-6-4-3-5-7-17)14-24-12-10-23(2)11-13-24/h3-7,15,18H,8-14H2,1-2H3,(H,22,27). The van der Waals surface area contributed by atoms with Gasteiger partial charge in [-0.2, -0.15) is 0 Å². The maximum absolute atomic E-state index is 12.6. The average Bonchev–Trinajstić information content (AvgIpc) is 3.09. The zero-order valence-electron chi connectivity index (χ0n) is 17.0. The van der Waals surface area contributed by atoms with Gasteiger partial charge < -0.3 is 24.9 Å². The molecule has 3 rings (SSSR count). The molecular formula is C20H28N6O3. The first-order valence-electron chi connectivity index (χ1n) is 9.85. The molecule has 1 N–H and O–H groups in total. The zero-order chi connectivity index (χ0) is 20.8. The maximum Gasteiger partial charge on any atom is 0.381 e. The Bertz CT molecular complexity index is 830. The number of benzene rings is 1. The van der Waals surface area contributed by atoms with Crippen LogP contribution in [0.5, 0.6) is 0 Å². The lowest BCUT2D eigenvalue weighted by molar-refractivity contribution is -0.389. The third kappa shape index (κ3) is 5.85. The van der Waals surface area contributed by atoms with Crippen molar-refractivity contribution in [2.45, 2.75) is 25.9 Å². The number of aryl methyl sites for hydroxylation is 2. The highest BCUT2D eigenvalue weighted by molar-refractivity contribution is 5.76. The van der Waals surface area contributed by atoms with Crippen molar-refractivity contribution >= 4 is 11.7 Å². The van der Waals surface area contributed by atoms with Crippen LogP contribution in [0.3, 0.4) is 0 Å². The van der Waals surface area contributed by atoms with Crippen molar-refractivity contribution in [3.63, 3.8) is 0 Å². The van der Waals surface area contributed by atoms with Gasteiger partial charge in [-0.05, 0) is 22.5 Å². The Morgan fingerprint density at radius 3 is 2.55 bits per heavy atom. The van der Waals surface area contributed by atoms with Gasteiger partial charge in [0.25, 0.3) is 0 Å². The van der Waals surface area contributed by atoms with Crippen LogP contribution in [0.2, 0.25) is 0 Å². The molecule has 2 heterocycles. The van der Waals surface area contributed by atoms with Crippen molar-refractivity contribution in [2.24, 2.45) is 0 Å². The number of carbonyl (C=O) groups is 1. The lowest BCUT2D eigenvalue weighted by Gasteiger charge is -2.35. The monoisotopic (exact) mass is 400 g/mol. The van der Waals surface area contributed by atoms with E-state index in [0.29, 0.717) is 12.4 Å². The van der Waals surface area contributed by atoms with E-state index in [1.165, 1.54) is 6.20 Å². The number of hydrogen-bond acceptors (Lipinski definition) is 6. The summed E-state index contributed by atoms with van der Waals surface area (Å²) in [6.45, 7) is 6.82. The molecule has 1 aliphatic heterocycles. The van der Waals surface area contributed by atoms with E-state index in [-0.39, 0.29) is 24.2 Å². The highest BCUT2D eigenvalue weighted by Gasteiger charge is 2.22. The van der Waals surface area contributed by atoms with Gasteiger partial charge in [0, 0.05) is 52.6 Å². The molecule has 29 heavy (non-hydrogen) atoms. The largest absolute Gasteiger partial charge is 0.381 e. The number of piperazine rings is 1. The average molecular weight is 400 g/mol. The van der Waals surface area contributed by atoms with Gasteiger partial charge >= 0.3 is 5.82 Å². The van der Waals surface area contributed by atoms with Crippen LogP contribution < -0.4 is 5.32 Å². The highest BCUT2D eigenvalue weighted by atomic mass is 16.6. The van der Waals surface area contributed by atoms with Gasteiger partial charge in [0.05, 0.1) is 6.04 Å². The lowest BCUT2D eigenvalue weighted by Crippen LogP contribution is -2.47. The normalized spacial score (nSPS) is 16.5. The molecule has 0 radical (unpaired) electrons. The fourth-order valence-electron chi connectivity index (χ4n) is 3.50. The van der Waals surface area contributed by atoms with E-state index in [1.807, 2.05) is 30.3 Å². The van der Waals surface area contributed by atoms with Crippen molar-refractivity contribution in [2.75, 3.05) is 39.8 Å². The predicted octanol–water partition coefficient (Wildman–Crippen LogP) is 1.59. The number of imidazole rings is 1. The van der Waals surface area contributed by atoms with Gasteiger partial charge in [0.2, 0.25) is 11.7 Å². The Kier molecular flexibility index (Phi) is 6.95. The molecule has 9 nitrogen and oxygen atoms in total. The molecule has 1 fully saturated rings. The first-order valence-corrected chi connectivity index (χ1v) is 9.85. The minimum absolute atomic E-state index is 0.0799. The molecule has 1 amide bonds. The lowest BCUT2D eigenvalue weighted by atomic mass is 10.1. The van der Waals surface area contributed by atoms with E-state index in [9.17, 15) is 14.9 Å². The number of carbonyl (C=O) groups excluding carboxylic acids is 1. The first kappa shape index (κ1) is 20.9. The van der Waals surface area contributed by atoms with Crippen LogP contribution in [-0.4, -0.2) is 70.0 Å². The number of likely N-dealkylation sites (N-methyl/N-ethyl adjacent to an activating group) is 1. The number of hydrogen-bond donors (Lipinski definition) is 1. The molecule has 0 spiro atoms. The summed E-state index contributed by atoms with van der Waals surface area (Å²) >= 11 is 0. The summed E-state index contributed by atoms with van der Waals surface area (Å²) in [4.78, 5) is 31.6. The summed E-state index contributed by atoms with van der Waals surface area (Å²) in [6, 6.07) is 9.89. The molecular weight excluding hydrogens is 372 g/mol. The SMILES string of the molecule is Cc1nc([N+](=O)[O-])cn1CCC(=O)NC(CN1CCN(C)CC1)c1ccccc1. The molecule has 2 aromatic rings. The van der Waals surface area contributed by atoms with E-state index in [0.717, 1.165) is 38.3 Å². The Morgan fingerprint density at radius 2 is 1.93 bits per heavy atom. The Morgan fingerprint density at radius 1 is 1.24 bits per heavy atom. The summed E-state index contributed by atoms with van der Waals surface area (Å²) in [5.74, 6) is 0.255. The molecule has 0 bridgehead atoms. The number of nitrogens with one attached hydrogen (secondary N) is 1. The van der Waals surface area contributed by atoms with E-state index in [1.54, 1.807) is 11.5 Å². The van der Waals surface area contributed by atoms with Crippen LogP contribution in [0.4, 0.5) is 5.82 Å². The molecule has 9 heteroatoms. The second kappa shape index (κ2) is 9.62. The van der Waals surface area contributed by atoms with E-state index in [2.05, 4.69) is 27.1 Å². The van der Waals surface area contributed by atoms with E-state index in [4.69, 9.17) is 0 Å². The molecule has 1 aromatic heterocycles. The van der Waals surface area contributed by atoms with Gasteiger partial charge in [0.1, 0.15) is 6.20 Å². The molecule has 0 saturated carbocycles. The van der Waals surface area contributed by atoms with Crippen LogP contribution in [0.15, 0.2) is 36.5 Å². The minimum atomic E-state index is -0.523. The van der Waals surface area contributed by atoms with Crippen LogP contribution in [0, 0.1) is 17.0 Å². The summed E-state index contributed by atoms with van der Waals surface area (Å²) in [5, 5.41) is 14.0.